The fourth-order valence-electron chi connectivity index (χ4n) is 2.35. The van der Waals surface area contributed by atoms with Crippen molar-refractivity contribution in [2.24, 2.45) is 5.92 Å². The van der Waals surface area contributed by atoms with Gasteiger partial charge in [0.1, 0.15) is 0 Å². The molecule has 1 saturated carbocycles. The average molecular weight is 322 g/mol. The van der Waals surface area contributed by atoms with Gasteiger partial charge in [0, 0.05) is 13.7 Å². The van der Waals surface area contributed by atoms with Crippen molar-refractivity contribution in [3.63, 3.8) is 0 Å². The van der Waals surface area contributed by atoms with Crippen molar-refractivity contribution in [3.05, 3.63) is 0 Å². The topological polar surface area (TPSA) is 111 Å². The molecule has 0 radical (unpaired) electrons. The molecule has 21 heavy (non-hydrogen) atoms. The molecule has 0 aliphatic heterocycles. The van der Waals surface area contributed by atoms with E-state index in [4.69, 9.17) is 4.74 Å². The van der Waals surface area contributed by atoms with Crippen molar-refractivity contribution < 1.29 is 27.5 Å². The fraction of sp³-hybridized carbons (Fsp3) is 0.833. The van der Waals surface area contributed by atoms with E-state index in [2.05, 4.69) is 14.8 Å². The van der Waals surface area contributed by atoms with Gasteiger partial charge in [0.15, 0.2) is 0 Å². The molecule has 9 heteroatoms. The second kappa shape index (κ2) is 8.30. The number of methoxy groups -OCH3 is 2. The maximum absolute atomic E-state index is 12.2. The first-order valence-electron chi connectivity index (χ1n) is 6.74. The zero-order valence-electron chi connectivity index (χ0n) is 12.3. The number of ether oxygens (including phenoxy) is 2. The second-order valence-electron chi connectivity index (χ2n) is 4.81. The van der Waals surface area contributed by atoms with Gasteiger partial charge in [0.2, 0.25) is 15.9 Å². The number of carbonyl (C=O) groups is 2. The molecule has 1 aliphatic rings. The van der Waals surface area contributed by atoms with E-state index >= 15 is 0 Å². The lowest BCUT2D eigenvalue weighted by Crippen LogP contribution is -2.44. The van der Waals surface area contributed by atoms with Gasteiger partial charge >= 0.3 is 5.97 Å². The van der Waals surface area contributed by atoms with Gasteiger partial charge in [0.25, 0.3) is 0 Å². The van der Waals surface area contributed by atoms with E-state index in [1.54, 1.807) is 0 Å². The molecule has 0 saturated heterocycles. The molecule has 0 aromatic heterocycles. The lowest BCUT2D eigenvalue weighted by Gasteiger charge is -2.18. The van der Waals surface area contributed by atoms with Gasteiger partial charge in [-0.15, -0.1) is 0 Å². The van der Waals surface area contributed by atoms with E-state index in [0.717, 1.165) is 0 Å². The van der Waals surface area contributed by atoms with Crippen molar-refractivity contribution >= 4 is 21.9 Å². The average Bonchev–Trinajstić information content (AvgIpc) is 2.95. The Morgan fingerprint density at radius 3 is 2.57 bits per heavy atom. The highest BCUT2D eigenvalue weighted by atomic mass is 32.2. The summed E-state index contributed by atoms with van der Waals surface area (Å²) in [6.45, 7) is 0.313. The summed E-state index contributed by atoms with van der Waals surface area (Å²) in [5, 5.41) is 1.67. The SMILES string of the molecule is COCCNC(=O)CNS(=O)(=O)C1CCCC1C(=O)OC. The van der Waals surface area contributed by atoms with Gasteiger partial charge in [-0.3, -0.25) is 9.59 Å². The number of sulfonamides is 1. The Labute approximate surface area is 124 Å². The van der Waals surface area contributed by atoms with Crippen LogP contribution in [0.1, 0.15) is 19.3 Å². The molecule has 2 N–H and O–H groups in total. The molecule has 1 fully saturated rings. The number of hydrogen-bond donors (Lipinski definition) is 2. The number of carbonyl (C=O) groups excluding carboxylic acids is 2. The molecule has 2 unspecified atom stereocenters. The molecular weight excluding hydrogens is 300 g/mol. The third-order valence-electron chi connectivity index (χ3n) is 3.42. The summed E-state index contributed by atoms with van der Waals surface area (Å²) >= 11 is 0. The molecule has 1 rings (SSSR count). The monoisotopic (exact) mass is 322 g/mol. The lowest BCUT2D eigenvalue weighted by atomic mass is 10.1. The number of esters is 1. The molecule has 0 heterocycles. The standard InChI is InChI=1S/C12H22N2O6S/c1-19-7-6-13-11(15)8-14-21(17,18)10-5-3-4-9(10)12(16)20-2/h9-10,14H,3-8H2,1-2H3,(H,13,15). The van der Waals surface area contributed by atoms with Crippen molar-refractivity contribution in [1.29, 1.82) is 0 Å². The Hall–Kier alpha value is -1.19. The number of rotatable bonds is 8. The van der Waals surface area contributed by atoms with Crippen LogP contribution < -0.4 is 10.0 Å². The molecule has 122 valence electrons. The predicted octanol–water partition coefficient (Wildman–Crippen LogP) is -0.990. The van der Waals surface area contributed by atoms with Crippen LogP contribution in [0, 0.1) is 5.92 Å². The smallest absolute Gasteiger partial charge is 0.310 e. The molecule has 2 atom stereocenters. The van der Waals surface area contributed by atoms with Crippen molar-refractivity contribution in [2.45, 2.75) is 24.5 Å². The Morgan fingerprint density at radius 1 is 1.24 bits per heavy atom. The summed E-state index contributed by atoms with van der Waals surface area (Å²) in [5.74, 6) is -1.63. The largest absolute Gasteiger partial charge is 0.469 e. The van der Waals surface area contributed by atoms with Gasteiger partial charge in [-0.25, -0.2) is 13.1 Å². The van der Waals surface area contributed by atoms with Gasteiger partial charge in [0.05, 0.1) is 31.4 Å². The Bertz CT molecular complexity index is 464. The Morgan fingerprint density at radius 2 is 1.95 bits per heavy atom. The zero-order chi connectivity index (χ0) is 15.9. The normalized spacial score (nSPS) is 22.0. The minimum absolute atomic E-state index is 0.311. The highest BCUT2D eigenvalue weighted by Gasteiger charge is 2.42. The highest BCUT2D eigenvalue weighted by Crippen LogP contribution is 2.31. The van der Waals surface area contributed by atoms with E-state index in [1.165, 1.54) is 14.2 Å². The molecule has 0 spiro atoms. The van der Waals surface area contributed by atoms with Crippen LogP contribution in [-0.2, 0) is 29.1 Å². The maximum Gasteiger partial charge on any atom is 0.310 e. The van der Waals surface area contributed by atoms with Crippen molar-refractivity contribution in [3.8, 4) is 0 Å². The van der Waals surface area contributed by atoms with Gasteiger partial charge in [-0.2, -0.15) is 0 Å². The van der Waals surface area contributed by atoms with E-state index in [9.17, 15) is 18.0 Å². The first kappa shape index (κ1) is 17.9. The molecule has 8 nitrogen and oxygen atoms in total. The van der Waals surface area contributed by atoms with Crippen LogP contribution in [0.2, 0.25) is 0 Å². The first-order valence-corrected chi connectivity index (χ1v) is 8.29. The predicted molar refractivity (Wildman–Crippen MR) is 75.0 cm³/mol. The number of hydrogen-bond acceptors (Lipinski definition) is 6. The molecule has 0 aromatic carbocycles. The summed E-state index contributed by atoms with van der Waals surface area (Å²) in [6, 6.07) is 0. The van der Waals surface area contributed by atoms with E-state index in [-0.39, 0.29) is 6.54 Å². The van der Waals surface area contributed by atoms with E-state index in [0.29, 0.717) is 32.4 Å². The van der Waals surface area contributed by atoms with Crippen LogP contribution >= 0.6 is 0 Å². The zero-order valence-corrected chi connectivity index (χ0v) is 13.1. The number of amides is 1. The van der Waals surface area contributed by atoms with Crippen LogP contribution in [0.15, 0.2) is 0 Å². The van der Waals surface area contributed by atoms with E-state index in [1.807, 2.05) is 0 Å². The molecular formula is C12H22N2O6S. The van der Waals surface area contributed by atoms with Crippen LogP contribution in [-0.4, -0.2) is 59.5 Å². The first-order chi connectivity index (χ1) is 9.92. The molecule has 1 amide bonds. The molecule has 0 bridgehead atoms. The van der Waals surface area contributed by atoms with Crippen molar-refractivity contribution in [1.82, 2.24) is 10.0 Å². The fourth-order valence-corrected chi connectivity index (χ4v) is 4.05. The minimum Gasteiger partial charge on any atom is -0.469 e. The van der Waals surface area contributed by atoms with Gasteiger partial charge in [-0.1, -0.05) is 6.42 Å². The highest BCUT2D eigenvalue weighted by molar-refractivity contribution is 7.90. The van der Waals surface area contributed by atoms with Crippen LogP contribution in [0.5, 0.6) is 0 Å². The van der Waals surface area contributed by atoms with Crippen LogP contribution in [0.25, 0.3) is 0 Å². The van der Waals surface area contributed by atoms with Gasteiger partial charge < -0.3 is 14.8 Å². The van der Waals surface area contributed by atoms with Crippen LogP contribution in [0.3, 0.4) is 0 Å². The van der Waals surface area contributed by atoms with Crippen molar-refractivity contribution in [2.75, 3.05) is 33.9 Å². The van der Waals surface area contributed by atoms with E-state index < -0.39 is 33.1 Å². The summed E-state index contributed by atoms with van der Waals surface area (Å²) in [4.78, 5) is 23.0. The summed E-state index contributed by atoms with van der Waals surface area (Å²) < 4.78 is 36.0. The molecule has 1 aliphatic carbocycles. The minimum atomic E-state index is -3.73. The molecule has 0 aromatic rings. The maximum atomic E-state index is 12.2. The quantitative estimate of drug-likeness (QED) is 0.438. The lowest BCUT2D eigenvalue weighted by molar-refractivity contribution is -0.145. The summed E-state index contributed by atoms with van der Waals surface area (Å²) in [7, 11) is -0.994. The Balaban J connectivity index is 2.53. The van der Waals surface area contributed by atoms with Gasteiger partial charge in [-0.05, 0) is 12.8 Å². The second-order valence-corrected chi connectivity index (χ2v) is 6.79. The summed E-state index contributed by atoms with van der Waals surface area (Å²) in [5.41, 5.74) is 0. The third kappa shape index (κ3) is 5.25. The third-order valence-corrected chi connectivity index (χ3v) is 5.33. The Kier molecular flexibility index (Phi) is 7.06. The van der Waals surface area contributed by atoms with Crippen LogP contribution in [0.4, 0.5) is 0 Å². The summed E-state index contributed by atoms with van der Waals surface area (Å²) in [6.07, 6.45) is 1.52. The number of nitrogens with one attached hydrogen (secondary N) is 2.